The molecule has 128 valence electrons. The molecule has 1 fully saturated rings. The van der Waals surface area contributed by atoms with Gasteiger partial charge < -0.3 is 15.8 Å². The van der Waals surface area contributed by atoms with E-state index in [2.05, 4.69) is 10.3 Å². The van der Waals surface area contributed by atoms with Crippen LogP contribution in [0.1, 0.15) is 27.2 Å². The molecule has 1 amide bonds. The van der Waals surface area contributed by atoms with E-state index in [1.165, 1.54) is 0 Å². The SMILES string of the molecule is CCOC1CC(N)(C(=O)Nc2ccc(-c3nccs3)cc2)C1(C)C. The molecule has 5 nitrogen and oxygen atoms in total. The normalized spacial score (nSPS) is 25.1. The van der Waals surface area contributed by atoms with Crippen LogP contribution in [0.2, 0.25) is 0 Å². The van der Waals surface area contributed by atoms with Crippen molar-refractivity contribution in [3.05, 3.63) is 35.8 Å². The molecule has 1 saturated carbocycles. The number of hydrogen-bond acceptors (Lipinski definition) is 5. The van der Waals surface area contributed by atoms with Crippen LogP contribution in [-0.4, -0.2) is 29.1 Å². The minimum absolute atomic E-state index is 0.0190. The van der Waals surface area contributed by atoms with Crippen LogP contribution in [0, 0.1) is 5.41 Å². The lowest BCUT2D eigenvalue weighted by molar-refractivity contribution is -0.166. The number of carbonyl (C=O) groups is 1. The maximum absolute atomic E-state index is 12.7. The fourth-order valence-electron chi connectivity index (χ4n) is 3.13. The van der Waals surface area contributed by atoms with Gasteiger partial charge in [0.15, 0.2) is 0 Å². The first-order valence-electron chi connectivity index (χ1n) is 8.10. The van der Waals surface area contributed by atoms with Gasteiger partial charge in [-0.05, 0) is 31.2 Å². The summed E-state index contributed by atoms with van der Waals surface area (Å²) in [6.07, 6.45) is 2.34. The highest BCUT2D eigenvalue weighted by Gasteiger charge is 2.62. The second kappa shape index (κ2) is 6.27. The molecule has 2 aromatic rings. The smallest absolute Gasteiger partial charge is 0.245 e. The first kappa shape index (κ1) is 17.1. The van der Waals surface area contributed by atoms with Gasteiger partial charge in [0.1, 0.15) is 10.5 Å². The molecule has 2 atom stereocenters. The fraction of sp³-hybridized carbons (Fsp3) is 0.444. The van der Waals surface area contributed by atoms with Gasteiger partial charge in [-0.3, -0.25) is 4.79 Å². The summed E-state index contributed by atoms with van der Waals surface area (Å²) in [4.78, 5) is 17.0. The number of thiazole rings is 1. The van der Waals surface area contributed by atoms with Crippen molar-refractivity contribution in [3.8, 4) is 10.6 Å². The summed E-state index contributed by atoms with van der Waals surface area (Å²) in [5.41, 5.74) is 6.86. The minimum atomic E-state index is -0.916. The van der Waals surface area contributed by atoms with Gasteiger partial charge in [-0.15, -0.1) is 11.3 Å². The average Bonchev–Trinajstić information content (AvgIpc) is 3.09. The molecular weight excluding hydrogens is 322 g/mol. The van der Waals surface area contributed by atoms with Gasteiger partial charge in [0.05, 0.1) is 6.10 Å². The topological polar surface area (TPSA) is 77.2 Å². The summed E-state index contributed by atoms with van der Waals surface area (Å²) in [6.45, 7) is 6.56. The van der Waals surface area contributed by atoms with Gasteiger partial charge >= 0.3 is 0 Å². The lowest BCUT2D eigenvalue weighted by Gasteiger charge is -2.57. The van der Waals surface area contributed by atoms with Crippen LogP contribution >= 0.6 is 11.3 Å². The molecule has 1 aliphatic rings. The Balaban J connectivity index is 1.69. The van der Waals surface area contributed by atoms with Crippen LogP contribution in [0.25, 0.3) is 10.6 Å². The number of anilines is 1. The summed E-state index contributed by atoms with van der Waals surface area (Å²) in [6, 6.07) is 7.66. The Hall–Kier alpha value is -1.76. The first-order chi connectivity index (χ1) is 11.4. The summed E-state index contributed by atoms with van der Waals surface area (Å²) in [5.74, 6) is -0.162. The number of carbonyl (C=O) groups excluding carboxylic acids is 1. The summed E-state index contributed by atoms with van der Waals surface area (Å²) in [7, 11) is 0. The van der Waals surface area contributed by atoms with Crippen LogP contribution in [0.15, 0.2) is 35.8 Å². The highest BCUT2D eigenvalue weighted by Crippen LogP contribution is 2.50. The van der Waals surface area contributed by atoms with Gasteiger partial charge in [-0.25, -0.2) is 4.98 Å². The third-order valence-corrected chi connectivity index (χ3v) is 5.88. The van der Waals surface area contributed by atoms with Gasteiger partial charge in [-0.1, -0.05) is 13.8 Å². The van der Waals surface area contributed by atoms with E-state index in [0.717, 1.165) is 16.3 Å². The molecule has 0 bridgehead atoms. The molecule has 6 heteroatoms. The van der Waals surface area contributed by atoms with Crippen LogP contribution in [-0.2, 0) is 9.53 Å². The van der Waals surface area contributed by atoms with E-state index in [0.29, 0.717) is 13.0 Å². The molecular formula is C18H23N3O2S. The molecule has 1 aromatic carbocycles. The highest BCUT2D eigenvalue weighted by molar-refractivity contribution is 7.13. The quantitative estimate of drug-likeness (QED) is 0.872. The zero-order chi connectivity index (χ0) is 17.4. The van der Waals surface area contributed by atoms with E-state index in [1.54, 1.807) is 17.5 Å². The number of aromatic nitrogens is 1. The second-order valence-electron chi connectivity index (χ2n) is 6.71. The molecule has 0 saturated heterocycles. The summed E-state index contributed by atoms with van der Waals surface area (Å²) in [5, 5.41) is 5.84. The maximum Gasteiger partial charge on any atom is 0.245 e. The predicted molar refractivity (Wildman–Crippen MR) is 96.9 cm³/mol. The monoisotopic (exact) mass is 345 g/mol. The minimum Gasteiger partial charge on any atom is -0.378 e. The summed E-state index contributed by atoms with van der Waals surface area (Å²) >= 11 is 1.59. The fourth-order valence-corrected chi connectivity index (χ4v) is 3.77. The third kappa shape index (κ3) is 2.75. The van der Waals surface area contributed by atoms with Crippen LogP contribution in [0.3, 0.4) is 0 Å². The Morgan fingerprint density at radius 3 is 2.67 bits per heavy atom. The molecule has 1 heterocycles. The van der Waals surface area contributed by atoms with Crippen LogP contribution < -0.4 is 11.1 Å². The van der Waals surface area contributed by atoms with Crippen molar-refractivity contribution in [1.29, 1.82) is 0 Å². The largest absolute Gasteiger partial charge is 0.378 e. The molecule has 1 aromatic heterocycles. The van der Waals surface area contributed by atoms with Gasteiger partial charge in [0, 0.05) is 41.3 Å². The number of nitrogens with one attached hydrogen (secondary N) is 1. The van der Waals surface area contributed by atoms with E-state index in [4.69, 9.17) is 10.5 Å². The maximum atomic E-state index is 12.7. The molecule has 3 N–H and O–H groups in total. The number of amides is 1. The Morgan fingerprint density at radius 2 is 2.12 bits per heavy atom. The van der Waals surface area contributed by atoms with Crippen LogP contribution in [0.5, 0.6) is 0 Å². The van der Waals surface area contributed by atoms with Crippen molar-refractivity contribution in [3.63, 3.8) is 0 Å². The van der Waals surface area contributed by atoms with E-state index in [9.17, 15) is 4.79 Å². The van der Waals surface area contributed by atoms with Crippen molar-refractivity contribution >= 4 is 22.9 Å². The Morgan fingerprint density at radius 1 is 1.42 bits per heavy atom. The van der Waals surface area contributed by atoms with Crippen molar-refractivity contribution < 1.29 is 9.53 Å². The van der Waals surface area contributed by atoms with E-state index >= 15 is 0 Å². The number of hydrogen-bond donors (Lipinski definition) is 2. The molecule has 0 radical (unpaired) electrons. The first-order valence-corrected chi connectivity index (χ1v) is 8.98. The van der Waals surface area contributed by atoms with Crippen LogP contribution in [0.4, 0.5) is 5.69 Å². The van der Waals surface area contributed by atoms with Crippen molar-refractivity contribution in [2.45, 2.75) is 38.8 Å². The highest BCUT2D eigenvalue weighted by atomic mass is 32.1. The van der Waals surface area contributed by atoms with Gasteiger partial charge in [-0.2, -0.15) is 0 Å². The van der Waals surface area contributed by atoms with E-state index in [-0.39, 0.29) is 12.0 Å². The molecule has 3 rings (SSSR count). The van der Waals surface area contributed by atoms with Crippen molar-refractivity contribution in [2.24, 2.45) is 11.1 Å². The van der Waals surface area contributed by atoms with Gasteiger partial charge in [0.25, 0.3) is 0 Å². The zero-order valence-electron chi connectivity index (χ0n) is 14.2. The molecule has 1 aliphatic carbocycles. The Labute approximate surface area is 146 Å². The van der Waals surface area contributed by atoms with Gasteiger partial charge in [0.2, 0.25) is 5.91 Å². The number of nitrogens with two attached hydrogens (primary N) is 1. The standard InChI is InChI=1S/C18H23N3O2S/c1-4-23-14-11-18(19,17(14,2)3)16(22)21-13-7-5-12(6-8-13)15-20-9-10-24-15/h5-10,14H,4,11,19H2,1-3H3,(H,21,22). The predicted octanol–water partition coefficient (Wildman–Crippen LogP) is 3.28. The molecule has 2 unspecified atom stereocenters. The van der Waals surface area contributed by atoms with Crippen molar-refractivity contribution in [2.75, 3.05) is 11.9 Å². The number of benzene rings is 1. The van der Waals surface area contributed by atoms with E-state index < -0.39 is 11.0 Å². The Bertz CT molecular complexity index is 712. The Kier molecular flexibility index (Phi) is 4.46. The third-order valence-electron chi connectivity index (χ3n) is 5.06. The number of nitrogens with zero attached hydrogens (tertiary/aromatic N) is 1. The number of ether oxygens (including phenoxy) is 1. The lowest BCUT2D eigenvalue weighted by atomic mass is 9.54. The zero-order valence-corrected chi connectivity index (χ0v) is 15.0. The van der Waals surface area contributed by atoms with Crippen molar-refractivity contribution in [1.82, 2.24) is 4.98 Å². The van der Waals surface area contributed by atoms with E-state index in [1.807, 2.05) is 50.4 Å². The summed E-state index contributed by atoms with van der Waals surface area (Å²) < 4.78 is 5.68. The average molecular weight is 345 g/mol. The number of rotatable bonds is 5. The molecule has 24 heavy (non-hydrogen) atoms. The molecule has 0 spiro atoms. The molecule has 0 aliphatic heterocycles. The lowest BCUT2D eigenvalue weighted by Crippen LogP contribution is -2.74. The second-order valence-corrected chi connectivity index (χ2v) is 7.60.